The van der Waals surface area contributed by atoms with Crippen LogP contribution in [0.4, 0.5) is 0 Å². The fourth-order valence-corrected chi connectivity index (χ4v) is 3.64. The average Bonchev–Trinajstić information content (AvgIpc) is 2.97. The molecule has 2 heterocycles. The smallest absolute Gasteiger partial charge is 0.250 e. The SMILES string of the molecule is Cc1c(CNS(=O)(=O)c2ccc(C#N)s2)cnn1C. The highest BCUT2D eigenvalue weighted by Gasteiger charge is 2.17. The van der Waals surface area contributed by atoms with Crippen molar-refractivity contribution in [2.45, 2.75) is 17.7 Å². The minimum atomic E-state index is -3.57. The monoisotopic (exact) mass is 296 g/mol. The molecule has 8 heteroatoms. The summed E-state index contributed by atoms with van der Waals surface area (Å²) in [7, 11) is -1.78. The average molecular weight is 296 g/mol. The first kappa shape index (κ1) is 13.7. The lowest BCUT2D eigenvalue weighted by Crippen LogP contribution is -2.22. The third-order valence-electron chi connectivity index (χ3n) is 2.75. The lowest BCUT2D eigenvalue weighted by Gasteiger charge is -2.04. The summed E-state index contributed by atoms with van der Waals surface area (Å²) in [6.45, 7) is 2.05. The molecule has 6 nitrogen and oxygen atoms in total. The van der Waals surface area contributed by atoms with Gasteiger partial charge in [-0.2, -0.15) is 10.4 Å². The van der Waals surface area contributed by atoms with Crippen molar-refractivity contribution in [3.63, 3.8) is 0 Å². The van der Waals surface area contributed by atoms with E-state index in [1.54, 1.807) is 17.9 Å². The summed E-state index contributed by atoms with van der Waals surface area (Å²) in [5.41, 5.74) is 1.73. The molecule has 0 aromatic carbocycles. The van der Waals surface area contributed by atoms with Crippen molar-refractivity contribution in [3.8, 4) is 6.07 Å². The van der Waals surface area contributed by atoms with E-state index in [1.165, 1.54) is 12.1 Å². The highest BCUT2D eigenvalue weighted by molar-refractivity contribution is 7.91. The summed E-state index contributed by atoms with van der Waals surface area (Å²) in [5, 5.41) is 12.7. The molecule has 2 rings (SSSR count). The van der Waals surface area contributed by atoms with Crippen molar-refractivity contribution in [2.75, 3.05) is 0 Å². The third kappa shape index (κ3) is 2.84. The van der Waals surface area contributed by atoms with E-state index in [1.807, 2.05) is 13.0 Å². The lowest BCUT2D eigenvalue weighted by molar-refractivity contribution is 0.583. The molecule has 0 aliphatic rings. The molecule has 0 amide bonds. The van der Waals surface area contributed by atoms with Gasteiger partial charge in [0, 0.05) is 24.8 Å². The van der Waals surface area contributed by atoms with Crippen molar-refractivity contribution in [1.82, 2.24) is 14.5 Å². The van der Waals surface area contributed by atoms with E-state index >= 15 is 0 Å². The van der Waals surface area contributed by atoms with Gasteiger partial charge in [-0.3, -0.25) is 4.68 Å². The van der Waals surface area contributed by atoms with Gasteiger partial charge in [-0.1, -0.05) is 0 Å². The largest absolute Gasteiger partial charge is 0.273 e. The Hall–Kier alpha value is -1.69. The van der Waals surface area contributed by atoms with Gasteiger partial charge in [0.2, 0.25) is 10.0 Å². The molecule has 0 spiro atoms. The predicted octanol–water partition coefficient (Wildman–Crippen LogP) is 1.14. The highest BCUT2D eigenvalue weighted by atomic mass is 32.2. The quantitative estimate of drug-likeness (QED) is 0.916. The second-order valence-electron chi connectivity index (χ2n) is 3.93. The molecule has 2 aromatic rings. The van der Waals surface area contributed by atoms with Gasteiger partial charge in [-0.15, -0.1) is 11.3 Å². The first-order chi connectivity index (χ1) is 8.94. The standard InChI is InChI=1S/C11H12N4O2S2/c1-8-9(6-13-15(8)2)7-14-19(16,17)11-4-3-10(5-12)18-11/h3-4,6,14H,7H2,1-2H3. The highest BCUT2D eigenvalue weighted by Crippen LogP contribution is 2.20. The minimum Gasteiger partial charge on any atom is -0.273 e. The fourth-order valence-electron chi connectivity index (χ4n) is 1.49. The molecule has 0 radical (unpaired) electrons. The minimum absolute atomic E-state index is 0.144. The second-order valence-corrected chi connectivity index (χ2v) is 7.01. The van der Waals surface area contributed by atoms with E-state index in [4.69, 9.17) is 5.26 Å². The Morgan fingerprint density at radius 2 is 2.26 bits per heavy atom. The van der Waals surface area contributed by atoms with E-state index in [0.29, 0.717) is 4.88 Å². The van der Waals surface area contributed by atoms with E-state index in [9.17, 15) is 8.42 Å². The Kier molecular flexibility index (Phi) is 3.71. The number of aromatic nitrogens is 2. The van der Waals surface area contributed by atoms with Crippen LogP contribution in [0.15, 0.2) is 22.5 Å². The number of nitrogens with zero attached hydrogens (tertiary/aromatic N) is 3. The molecule has 0 fully saturated rings. The zero-order valence-electron chi connectivity index (χ0n) is 10.4. The van der Waals surface area contributed by atoms with Crippen LogP contribution in [-0.2, 0) is 23.6 Å². The summed E-state index contributed by atoms with van der Waals surface area (Å²) in [6, 6.07) is 4.85. The molecule has 1 N–H and O–H groups in total. The number of nitriles is 1. The van der Waals surface area contributed by atoms with Crippen molar-refractivity contribution < 1.29 is 8.42 Å². The van der Waals surface area contributed by atoms with Crippen molar-refractivity contribution in [3.05, 3.63) is 34.5 Å². The van der Waals surface area contributed by atoms with Crippen LogP contribution in [0, 0.1) is 18.3 Å². The number of rotatable bonds is 4. The van der Waals surface area contributed by atoms with Crippen molar-refractivity contribution >= 4 is 21.4 Å². The van der Waals surface area contributed by atoms with Gasteiger partial charge in [-0.25, -0.2) is 13.1 Å². The van der Waals surface area contributed by atoms with Crippen LogP contribution < -0.4 is 4.72 Å². The Morgan fingerprint density at radius 3 is 2.79 bits per heavy atom. The molecular weight excluding hydrogens is 284 g/mol. The van der Waals surface area contributed by atoms with Gasteiger partial charge in [0.15, 0.2) is 0 Å². The van der Waals surface area contributed by atoms with Crippen LogP contribution in [0.3, 0.4) is 0 Å². The maximum Gasteiger partial charge on any atom is 0.250 e. The maximum atomic E-state index is 12.0. The molecule has 0 atom stereocenters. The fraction of sp³-hybridized carbons (Fsp3) is 0.273. The van der Waals surface area contributed by atoms with Gasteiger partial charge in [-0.05, 0) is 19.1 Å². The van der Waals surface area contributed by atoms with Crippen LogP contribution in [0.2, 0.25) is 0 Å². The number of hydrogen-bond donors (Lipinski definition) is 1. The van der Waals surface area contributed by atoms with E-state index in [-0.39, 0.29) is 10.8 Å². The molecular formula is C11H12N4O2S2. The first-order valence-electron chi connectivity index (χ1n) is 5.41. The number of aryl methyl sites for hydroxylation is 1. The van der Waals surface area contributed by atoms with Crippen molar-refractivity contribution in [1.29, 1.82) is 5.26 Å². The van der Waals surface area contributed by atoms with E-state index < -0.39 is 10.0 Å². The van der Waals surface area contributed by atoms with E-state index in [2.05, 4.69) is 9.82 Å². The number of hydrogen-bond acceptors (Lipinski definition) is 5. The summed E-state index contributed by atoms with van der Waals surface area (Å²) in [4.78, 5) is 0.373. The van der Waals surface area contributed by atoms with Crippen LogP contribution in [0.1, 0.15) is 16.1 Å². The summed E-state index contributed by atoms with van der Waals surface area (Å²) in [5.74, 6) is 0. The Bertz CT molecular complexity index is 737. The van der Waals surface area contributed by atoms with Crippen LogP contribution >= 0.6 is 11.3 Å². The van der Waals surface area contributed by atoms with Gasteiger partial charge in [0.25, 0.3) is 0 Å². The molecule has 19 heavy (non-hydrogen) atoms. The van der Waals surface area contributed by atoms with Crippen LogP contribution in [0.25, 0.3) is 0 Å². The normalized spacial score (nSPS) is 11.4. The van der Waals surface area contributed by atoms with Gasteiger partial charge >= 0.3 is 0 Å². The first-order valence-corrected chi connectivity index (χ1v) is 7.71. The molecule has 0 saturated carbocycles. The molecule has 0 unspecified atom stereocenters. The maximum absolute atomic E-state index is 12.0. The summed E-state index contributed by atoms with van der Waals surface area (Å²) < 4.78 is 28.4. The Labute approximate surface area is 115 Å². The molecule has 0 aliphatic heterocycles. The summed E-state index contributed by atoms with van der Waals surface area (Å²) in [6.07, 6.45) is 1.63. The number of thiophene rings is 1. The topological polar surface area (TPSA) is 87.8 Å². The second kappa shape index (κ2) is 5.13. The predicted molar refractivity (Wildman–Crippen MR) is 71.0 cm³/mol. The third-order valence-corrected chi connectivity index (χ3v) is 5.63. The molecule has 0 aliphatic carbocycles. The molecule has 2 aromatic heterocycles. The Morgan fingerprint density at radius 1 is 1.53 bits per heavy atom. The zero-order valence-corrected chi connectivity index (χ0v) is 12.0. The lowest BCUT2D eigenvalue weighted by atomic mass is 10.3. The van der Waals surface area contributed by atoms with Gasteiger partial charge < -0.3 is 0 Å². The number of nitrogens with one attached hydrogen (secondary N) is 1. The van der Waals surface area contributed by atoms with Gasteiger partial charge in [0.1, 0.15) is 15.2 Å². The number of sulfonamides is 1. The zero-order chi connectivity index (χ0) is 14.0. The molecule has 0 bridgehead atoms. The Balaban J connectivity index is 2.14. The van der Waals surface area contributed by atoms with Crippen molar-refractivity contribution in [2.24, 2.45) is 7.05 Å². The van der Waals surface area contributed by atoms with Gasteiger partial charge in [0.05, 0.1) is 6.20 Å². The molecule has 100 valence electrons. The van der Waals surface area contributed by atoms with E-state index in [0.717, 1.165) is 22.6 Å². The van der Waals surface area contributed by atoms with Crippen LogP contribution in [-0.4, -0.2) is 18.2 Å². The summed E-state index contributed by atoms with van der Waals surface area (Å²) >= 11 is 0.952. The molecule has 0 saturated heterocycles. The van der Waals surface area contributed by atoms with Crippen LogP contribution in [0.5, 0.6) is 0 Å².